The molecule has 3 amide bonds. The molecule has 1 atom stereocenters. The number of carbonyl (C=O) groups excluding carboxylic acids is 3. The first-order valence-electron chi connectivity index (χ1n) is 14.3. The average molecular weight is 548 g/mol. The number of nitrogens with zero attached hydrogens (tertiary/aromatic N) is 1. The molecular formula is C31H34FN3O3S. The van der Waals surface area contributed by atoms with Crippen molar-refractivity contribution in [3.05, 3.63) is 64.5 Å². The van der Waals surface area contributed by atoms with Gasteiger partial charge < -0.3 is 10.2 Å². The highest BCUT2D eigenvalue weighted by atomic mass is 32.2. The highest BCUT2D eigenvalue weighted by Crippen LogP contribution is 2.55. The topological polar surface area (TPSA) is 78.5 Å². The van der Waals surface area contributed by atoms with E-state index in [0.717, 1.165) is 40.3 Å². The van der Waals surface area contributed by atoms with Crippen molar-refractivity contribution in [3.8, 4) is 0 Å². The number of amides is 3. The van der Waals surface area contributed by atoms with Crippen LogP contribution in [0.25, 0.3) is 0 Å². The van der Waals surface area contributed by atoms with Crippen LogP contribution >= 0.6 is 11.8 Å². The Morgan fingerprint density at radius 1 is 0.974 bits per heavy atom. The van der Waals surface area contributed by atoms with Gasteiger partial charge in [0.25, 0.3) is 5.91 Å². The number of benzene rings is 2. The molecule has 1 unspecified atom stereocenters. The van der Waals surface area contributed by atoms with Crippen LogP contribution in [-0.2, 0) is 28.4 Å². The molecule has 0 spiro atoms. The monoisotopic (exact) mass is 547 g/mol. The third-order valence-corrected chi connectivity index (χ3v) is 10.9. The molecule has 2 aromatic rings. The Morgan fingerprint density at radius 2 is 1.64 bits per heavy atom. The molecule has 1 saturated heterocycles. The second-order valence-electron chi connectivity index (χ2n) is 12.5. The van der Waals surface area contributed by atoms with E-state index in [9.17, 15) is 18.8 Å². The minimum atomic E-state index is -0.705. The maximum atomic E-state index is 14.5. The number of hydrogen-bond acceptors (Lipinski definition) is 5. The summed E-state index contributed by atoms with van der Waals surface area (Å²) >= 11 is 1.51. The summed E-state index contributed by atoms with van der Waals surface area (Å²) in [6.07, 6.45) is 8.86. The van der Waals surface area contributed by atoms with Crippen LogP contribution in [0, 0.1) is 23.6 Å². The standard InChI is InChI=1S/C31H34FN3O3S/c32-23-10-24-25(16-35(30(24)38)26-5-6-28(36)34-29(26)37)27(11-23)39-17-19-3-1-18(2-4-19)15-33-31-12-20-7-21(13-31)9-22(8-20)14-31/h1-4,10-11,20-22,26,33H,5-9,12-17H2,(H,34,36,37). The van der Waals surface area contributed by atoms with Crippen molar-refractivity contribution in [3.63, 3.8) is 0 Å². The minimum absolute atomic E-state index is 0.195. The van der Waals surface area contributed by atoms with Gasteiger partial charge in [0.15, 0.2) is 0 Å². The van der Waals surface area contributed by atoms with E-state index in [0.29, 0.717) is 23.3 Å². The molecule has 6 nitrogen and oxygen atoms in total. The Labute approximate surface area is 232 Å². The highest BCUT2D eigenvalue weighted by molar-refractivity contribution is 7.98. The van der Waals surface area contributed by atoms with E-state index in [1.165, 1.54) is 72.9 Å². The van der Waals surface area contributed by atoms with Crippen molar-refractivity contribution in [2.24, 2.45) is 17.8 Å². The lowest BCUT2D eigenvalue weighted by atomic mass is 9.53. The molecule has 0 radical (unpaired) electrons. The smallest absolute Gasteiger partial charge is 0.255 e. The van der Waals surface area contributed by atoms with Gasteiger partial charge in [-0.25, -0.2) is 4.39 Å². The van der Waals surface area contributed by atoms with Gasteiger partial charge in [-0.15, -0.1) is 11.8 Å². The van der Waals surface area contributed by atoms with Crippen LogP contribution < -0.4 is 10.6 Å². The van der Waals surface area contributed by atoms with E-state index >= 15 is 0 Å². The van der Waals surface area contributed by atoms with E-state index in [2.05, 4.69) is 34.9 Å². The van der Waals surface area contributed by atoms with E-state index in [4.69, 9.17) is 0 Å². The summed E-state index contributed by atoms with van der Waals surface area (Å²) in [5.74, 6) is 1.86. The summed E-state index contributed by atoms with van der Waals surface area (Å²) in [6.45, 7) is 1.15. The van der Waals surface area contributed by atoms with Crippen LogP contribution in [0.3, 0.4) is 0 Å². The van der Waals surface area contributed by atoms with Crippen molar-refractivity contribution in [1.29, 1.82) is 0 Å². The summed E-state index contributed by atoms with van der Waals surface area (Å²) in [6, 6.07) is 10.7. The first-order valence-corrected chi connectivity index (χ1v) is 15.3. The average Bonchev–Trinajstić information content (AvgIpc) is 3.22. The van der Waals surface area contributed by atoms with Gasteiger partial charge in [0.05, 0.1) is 0 Å². The van der Waals surface area contributed by atoms with Crippen LogP contribution in [0.5, 0.6) is 0 Å². The van der Waals surface area contributed by atoms with Gasteiger partial charge in [-0.2, -0.15) is 0 Å². The van der Waals surface area contributed by atoms with E-state index in [1.54, 1.807) is 0 Å². The van der Waals surface area contributed by atoms with E-state index in [1.807, 2.05) is 0 Å². The van der Waals surface area contributed by atoms with Crippen LogP contribution in [0.15, 0.2) is 41.3 Å². The Hall–Kier alpha value is -2.71. The maximum Gasteiger partial charge on any atom is 0.255 e. The van der Waals surface area contributed by atoms with Crippen LogP contribution in [0.2, 0.25) is 0 Å². The first kappa shape index (κ1) is 25.3. The van der Waals surface area contributed by atoms with Crippen LogP contribution in [0.1, 0.15) is 78.4 Å². The van der Waals surface area contributed by atoms with Crippen molar-refractivity contribution in [2.75, 3.05) is 0 Å². The number of imide groups is 1. The molecule has 2 aliphatic heterocycles. The van der Waals surface area contributed by atoms with E-state index < -0.39 is 17.8 Å². The molecule has 8 heteroatoms. The zero-order chi connectivity index (χ0) is 26.7. The predicted molar refractivity (Wildman–Crippen MR) is 146 cm³/mol. The molecule has 39 heavy (non-hydrogen) atoms. The van der Waals surface area contributed by atoms with Crippen molar-refractivity contribution in [1.82, 2.24) is 15.5 Å². The van der Waals surface area contributed by atoms with Crippen molar-refractivity contribution < 1.29 is 18.8 Å². The normalized spacial score (nSPS) is 31.1. The van der Waals surface area contributed by atoms with Gasteiger partial charge in [0.2, 0.25) is 11.8 Å². The van der Waals surface area contributed by atoms with Gasteiger partial charge in [0.1, 0.15) is 11.9 Å². The van der Waals surface area contributed by atoms with Crippen molar-refractivity contribution >= 4 is 29.5 Å². The van der Waals surface area contributed by atoms with Gasteiger partial charge in [-0.1, -0.05) is 24.3 Å². The van der Waals surface area contributed by atoms with Crippen LogP contribution in [0.4, 0.5) is 4.39 Å². The molecule has 4 saturated carbocycles. The molecule has 0 aromatic heterocycles. The summed E-state index contributed by atoms with van der Waals surface area (Å²) in [7, 11) is 0. The van der Waals surface area contributed by atoms with Gasteiger partial charge in [-0.05, 0) is 91.5 Å². The fourth-order valence-corrected chi connectivity index (χ4v) is 9.31. The molecule has 2 N–H and O–H groups in total. The molecule has 4 aliphatic carbocycles. The maximum absolute atomic E-state index is 14.5. The molecule has 4 bridgehead atoms. The molecule has 2 aromatic carbocycles. The number of halogens is 1. The van der Waals surface area contributed by atoms with Gasteiger partial charge in [0, 0.05) is 41.3 Å². The minimum Gasteiger partial charge on any atom is -0.322 e. The van der Waals surface area contributed by atoms with E-state index in [-0.39, 0.29) is 24.8 Å². The predicted octanol–water partition coefficient (Wildman–Crippen LogP) is 4.94. The van der Waals surface area contributed by atoms with Crippen LogP contribution in [-0.4, -0.2) is 34.2 Å². The Morgan fingerprint density at radius 3 is 2.31 bits per heavy atom. The zero-order valence-electron chi connectivity index (χ0n) is 22.0. The lowest BCUT2D eigenvalue weighted by Crippen LogP contribution is -2.58. The third-order valence-electron chi connectivity index (χ3n) is 9.70. The SMILES string of the molecule is O=C1CCC(N2Cc3c(SCc4ccc(CNC56CC7CC(CC(C7)C5)C6)cc4)cc(F)cc3C2=O)C(=O)N1. The number of rotatable bonds is 7. The van der Waals surface area contributed by atoms with Crippen molar-refractivity contribution in [2.45, 2.75) is 86.7 Å². The van der Waals surface area contributed by atoms with Gasteiger partial charge >= 0.3 is 0 Å². The quantitative estimate of drug-likeness (QED) is 0.379. The molecule has 6 aliphatic rings. The number of fused-ring (bicyclic) bond motifs is 1. The highest BCUT2D eigenvalue weighted by Gasteiger charge is 2.50. The van der Waals surface area contributed by atoms with Gasteiger partial charge in [-0.3, -0.25) is 19.7 Å². The molecule has 5 fully saturated rings. The third kappa shape index (κ3) is 4.80. The fraction of sp³-hybridized carbons (Fsp3) is 0.516. The number of nitrogens with one attached hydrogen (secondary N) is 2. The summed E-state index contributed by atoms with van der Waals surface area (Å²) in [4.78, 5) is 39.2. The zero-order valence-corrected chi connectivity index (χ0v) is 22.8. The molecule has 2 heterocycles. The second kappa shape index (κ2) is 9.73. The Bertz CT molecular complexity index is 1310. The fourth-order valence-electron chi connectivity index (χ4n) is 8.25. The summed E-state index contributed by atoms with van der Waals surface area (Å²) in [5.41, 5.74) is 3.85. The number of hydrogen-bond donors (Lipinski definition) is 2. The summed E-state index contributed by atoms with van der Waals surface area (Å²) in [5, 5.41) is 6.28. The summed E-state index contributed by atoms with van der Waals surface area (Å²) < 4.78 is 14.5. The number of piperidine rings is 1. The Kier molecular flexibility index (Phi) is 6.31. The Balaban J connectivity index is 0.993. The molecule has 8 rings (SSSR count). The molecular weight excluding hydrogens is 513 g/mol. The number of thioether (sulfide) groups is 1. The lowest BCUT2D eigenvalue weighted by Gasteiger charge is -2.57. The largest absolute Gasteiger partial charge is 0.322 e. The lowest BCUT2D eigenvalue weighted by molar-refractivity contribution is -0.136. The first-order chi connectivity index (χ1) is 18.8. The number of carbonyl (C=O) groups is 3. The molecule has 204 valence electrons. The second-order valence-corrected chi connectivity index (χ2v) is 13.5.